The molecule has 122 valence electrons. The highest BCUT2D eigenvalue weighted by Gasteiger charge is 2.28. The Labute approximate surface area is 140 Å². The Bertz CT molecular complexity index is 841. The molecule has 5 nitrogen and oxygen atoms in total. The highest BCUT2D eigenvalue weighted by Crippen LogP contribution is 2.41. The minimum Gasteiger partial charge on any atom is -0.365 e. The van der Waals surface area contributed by atoms with Crippen LogP contribution in [-0.2, 0) is 23.0 Å². The summed E-state index contributed by atoms with van der Waals surface area (Å²) in [5.41, 5.74) is 2.90. The van der Waals surface area contributed by atoms with Gasteiger partial charge in [-0.05, 0) is 43.4 Å². The normalized spacial score (nSPS) is 18.0. The lowest BCUT2D eigenvalue weighted by atomic mass is 10.0. The first kappa shape index (κ1) is 15.1. The van der Waals surface area contributed by atoms with Crippen molar-refractivity contribution in [2.24, 2.45) is 5.14 Å². The molecule has 23 heavy (non-hydrogen) atoms. The monoisotopic (exact) mass is 349 g/mol. The molecule has 0 saturated heterocycles. The Morgan fingerprint density at radius 3 is 2.91 bits per heavy atom. The van der Waals surface area contributed by atoms with E-state index in [1.165, 1.54) is 17.8 Å². The number of benzene rings is 1. The molecule has 1 fully saturated rings. The summed E-state index contributed by atoms with van der Waals surface area (Å²) in [6.07, 6.45) is 4.20. The molecule has 2 aliphatic rings. The second kappa shape index (κ2) is 5.58. The molecule has 0 atom stereocenters. The van der Waals surface area contributed by atoms with Gasteiger partial charge in [0.15, 0.2) is 0 Å². The summed E-state index contributed by atoms with van der Waals surface area (Å²) in [4.78, 5) is 7.23. The topological polar surface area (TPSA) is 76.3 Å². The molecule has 0 bridgehead atoms. The van der Waals surface area contributed by atoms with Crippen molar-refractivity contribution in [3.05, 3.63) is 39.8 Å². The van der Waals surface area contributed by atoms with Crippen LogP contribution in [0, 0.1) is 0 Å². The number of nitrogens with zero attached hydrogens (tertiary/aromatic N) is 2. The minimum absolute atomic E-state index is 0.261. The summed E-state index contributed by atoms with van der Waals surface area (Å²) in [6.45, 7) is 1.64. The van der Waals surface area contributed by atoms with Gasteiger partial charge < -0.3 is 4.90 Å². The summed E-state index contributed by atoms with van der Waals surface area (Å²) in [5.74, 6) is 0.677. The first-order valence-corrected chi connectivity index (χ1v) is 10.3. The highest BCUT2D eigenvalue weighted by molar-refractivity contribution is 7.89. The maximum atomic E-state index is 11.8. The third kappa shape index (κ3) is 3.00. The largest absolute Gasteiger partial charge is 0.365 e. The van der Waals surface area contributed by atoms with Crippen molar-refractivity contribution in [3.8, 4) is 0 Å². The fourth-order valence-corrected chi connectivity index (χ4v) is 5.01. The van der Waals surface area contributed by atoms with E-state index in [-0.39, 0.29) is 4.90 Å². The molecule has 1 aromatic carbocycles. The Morgan fingerprint density at radius 1 is 1.35 bits per heavy atom. The summed E-state index contributed by atoms with van der Waals surface area (Å²) in [5, 5.41) is 8.74. The molecule has 7 heteroatoms. The fraction of sp³-hybridized carbons (Fsp3) is 0.438. The van der Waals surface area contributed by atoms with E-state index in [1.54, 1.807) is 23.5 Å². The molecule has 1 saturated carbocycles. The van der Waals surface area contributed by atoms with Crippen LogP contribution >= 0.6 is 11.3 Å². The zero-order valence-electron chi connectivity index (χ0n) is 12.7. The van der Waals surface area contributed by atoms with Gasteiger partial charge in [0.05, 0.1) is 22.1 Å². The predicted molar refractivity (Wildman–Crippen MR) is 91.3 cm³/mol. The summed E-state index contributed by atoms with van der Waals surface area (Å²) >= 11 is 1.74. The number of fused-ring (bicyclic) bond motifs is 1. The molecule has 2 aromatic rings. The van der Waals surface area contributed by atoms with E-state index in [4.69, 9.17) is 10.1 Å². The third-order valence-corrected chi connectivity index (χ3v) is 6.51. The first-order valence-electron chi connectivity index (χ1n) is 7.86. The lowest BCUT2D eigenvalue weighted by Gasteiger charge is -2.31. The highest BCUT2D eigenvalue weighted by atomic mass is 32.2. The van der Waals surface area contributed by atoms with Crippen molar-refractivity contribution < 1.29 is 8.42 Å². The molecule has 0 spiro atoms. The number of thiazole rings is 1. The molecule has 1 aliphatic heterocycles. The summed E-state index contributed by atoms with van der Waals surface area (Å²) in [7, 11) is -3.68. The number of anilines is 1. The smallest absolute Gasteiger partial charge is 0.238 e. The fourth-order valence-electron chi connectivity index (χ4n) is 3.21. The molecule has 0 radical (unpaired) electrons. The van der Waals surface area contributed by atoms with Gasteiger partial charge in [-0.2, -0.15) is 0 Å². The van der Waals surface area contributed by atoms with Gasteiger partial charge >= 0.3 is 0 Å². The van der Waals surface area contributed by atoms with E-state index in [9.17, 15) is 8.42 Å². The Morgan fingerprint density at radius 2 is 2.17 bits per heavy atom. The van der Waals surface area contributed by atoms with Gasteiger partial charge in [0.25, 0.3) is 0 Å². The van der Waals surface area contributed by atoms with Gasteiger partial charge in [0, 0.05) is 23.5 Å². The molecule has 0 unspecified atom stereocenters. The SMILES string of the molecule is NS(=O)(=O)c1cccc2c1CCCN2Cc1csc(C2CC2)n1. The average molecular weight is 349 g/mol. The van der Waals surface area contributed by atoms with E-state index in [2.05, 4.69) is 10.3 Å². The zero-order chi connectivity index (χ0) is 16.0. The summed E-state index contributed by atoms with van der Waals surface area (Å²) in [6, 6.07) is 5.36. The molecule has 1 aromatic heterocycles. The Kier molecular flexibility index (Phi) is 3.66. The van der Waals surface area contributed by atoms with Crippen LogP contribution < -0.4 is 10.0 Å². The molecular formula is C16H19N3O2S2. The van der Waals surface area contributed by atoms with Gasteiger partial charge in [0.2, 0.25) is 10.0 Å². The quantitative estimate of drug-likeness (QED) is 0.920. The van der Waals surface area contributed by atoms with Gasteiger partial charge in [-0.3, -0.25) is 0 Å². The van der Waals surface area contributed by atoms with E-state index < -0.39 is 10.0 Å². The lowest BCUT2D eigenvalue weighted by Crippen LogP contribution is -2.30. The second-order valence-corrected chi connectivity index (χ2v) is 8.69. The van der Waals surface area contributed by atoms with Crippen LogP contribution in [0.2, 0.25) is 0 Å². The maximum absolute atomic E-state index is 11.8. The Balaban J connectivity index is 1.64. The van der Waals surface area contributed by atoms with Crippen LogP contribution in [0.15, 0.2) is 28.5 Å². The molecule has 2 N–H and O–H groups in total. The first-order chi connectivity index (χ1) is 11.0. The third-order valence-electron chi connectivity index (χ3n) is 4.46. The summed E-state index contributed by atoms with van der Waals surface area (Å²) < 4.78 is 23.6. The standard InChI is InChI=1S/C16H19N3O2S2/c17-23(20,21)15-5-1-4-14-13(15)3-2-8-19(14)9-12-10-22-16(18-12)11-6-7-11/h1,4-5,10-11H,2-3,6-9H2,(H2,17,20,21). The number of aromatic nitrogens is 1. The zero-order valence-corrected chi connectivity index (χ0v) is 14.4. The van der Waals surface area contributed by atoms with E-state index in [0.717, 1.165) is 42.9 Å². The molecule has 4 rings (SSSR count). The maximum Gasteiger partial charge on any atom is 0.238 e. The molecule has 0 amide bonds. The van der Waals surface area contributed by atoms with E-state index >= 15 is 0 Å². The number of hydrogen-bond acceptors (Lipinski definition) is 5. The Hall–Kier alpha value is -1.44. The van der Waals surface area contributed by atoms with E-state index in [0.29, 0.717) is 5.92 Å². The van der Waals surface area contributed by atoms with Crippen LogP contribution in [0.25, 0.3) is 0 Å². The van der Waals surface area contributed by atoms with Gasteiger partial charge in [-0.25, -0.2) is 18.5 Å². The lowest BCUT2D eigenvalue weighted by molar-refractivity contribution is 0.594. The van der Waals surface area contributed by atoms with Gasteiger partial charge in [-0.15, -0.1) is 11.3 Å². The van der Waals surface area contributed by atoms with Crippen molar-refractivity contribution in [2.75, 3.05) is 11.4 Å². The average Bonchev–Trinajstić information content (AvgIpc) is 3.26. The van der Waals surface area contributed by atoms with Crippen molar-refractivity contribution in [1.82, 2.24) is 4.98 Å². The van der Waals surface area contributed by atoms with E-state index in [1.807, 2.05) is 6.07 Å². The molecule has 2 heterocycles. The molecular weight excluding hydrogens is 330 g/mol. The van der Waals surface area contributed by atoms with Crippen LogP contribution in [0.1, 0.15) is 41.4 Å². The number of rotatable bonds is 4. The van der Waals surface area contributed by atoms with Crippen LogP contribution in [-0.4, -0.2) is 19.9 Å². The van der Waals surface area contributed by atoms with Gasteiger partial charge in [0.1, 0.15) is 0 Å². The molecule has 1 aliphatic carbocycles. The predicted octanol–water partition coefficient (Wildman–Crippen LogP) is 2.62. The number of sulfonamides is 1. The number of nitrogens with two attached hydrogens (primary N) is 1. The van der Waals surface area contributed by atoms with Crippen LogP contribution in [0.3, 0.4) is 0 Å². The minimum atomic E-state index is -3.68. The van der Waals surface area contributed by atoms with Gasteiger partial charge in [-0.1, -0.05) is 6.07 Å². The number of hydrogen-bond donors (Lipinski definition) is 1. The van der Waals surface area contributed by atoms with Crippen molar-refractivity contribution in [3.63, 3.8) is 0 Å². The van der Waals surface area contributed by atoms with Crippen molar-refractivity contribution >= 4 is 27.0 Å². The van der Waals surface area contributed by atoms with Crippen molar-refractivity contribution in [2.45, 2.75) is 43.0 Å². The second-order valence-electron chi connectivity index (χ2n) is 6.28. The van der Waals surface area contributed by atoms with Crippen LogP contribution in [0.5, 0.6) is 0 Å². The van der Waals surface area contributed by atoms with Crippen LogP contribution in [0.4, 0.5) is 5.69 Å². The number of primary sulfonamides is 1. The van der Waals surface area contributed by atoms with Crippen molar-refractivity contribution in [1.29, 1.82) is 0 Å².